The van der Waals surface area contributed by atoms with E-state index in [4.69, 9.17) is 4.74 Å². The number of nitrogens with one attached hydrogen (secondary N) is 1. The molecule has 0 aromatic heterocycles. The Labute approximate surface area is 148 Å². The monoisotopic (exact) mass is 364 g/mol. The molecule has 7 heteroatoms. The van der Waals surface area contributed by atoms with Crippen LogP contribution in [-0.2, 0) is 14.6 Å². The van der Waals surface area contributed by atoms with Gasteiger partial charge in [-0.1, -0.05) is 6.07 Å². The number of benzene rings is 1. The molecule has 0 spiro atoms. The fourth-order valence-electron chi connectivity index (χ4n) is 3.89. The van der Waals surface area contributed by atoms with E-state index in [1.807, 2.05) is 0 Å². The molecule has 1 amide bonds. The largest absolute Gasteiger partial charge is 0.375 e. The fraction of sp³-hybridized carbons (Fsp3) is 0.611. The maximum Gasteiger partial charge on any atom is 0.251 e. The highest BCUT2D eigenvalue weighted by Gasteiger charge is 2.42. The van der Waals surface area contributed by atoms with Gasteiger partial charge in [-0.3, -0.25) is 9.69 Å². The van der Waals surface area contributed by atoms with E-state index in [0.717, 1.165) is 38.3 Å². The van der Waals surface area contributed by atoms with Crippen molar-refractivity contribution in [3.63, 3.8) is 0 Å². The van der Waals surface area contributed by atoms with Gasteiger partial charge in [0.2, 0.25) is 0 Å². The second-order valence-electron chi connectivity index (χ2n) is 7.52. The van der Waals surface area contributed by atoms with Crippen molar-refractivity contribution in [3.05, 3.63) is 29.8 Å². The Kier molecular flexibility index (Phi) is 4.33. The summed E-state index contributed by atoms with van der Waals surface area (Å²) in [5.74, 6) is 0.517. The van der Waals surface area contributed by atoms with Crippen LogP contribution in [0.3, 0.4) is 0 Å². The smallest absolute Gasteiger partial charge is 0.251 e. The summed E-state index contributed by atoms with van der Waals surface area (Å²) in [6.45, 7) is 2.55. The Balaban J connectivity index is 1.39. The summed E-state index contributed by atoms with van der Waals surface area (Å²) >= 11 is 0. The fourth-order valence-corrected chi connectivity index (χ4v) is 4.56. The van der Waals surface area contributed by atoms with Gasteiger partial charge < -0.3 is 10.1 Å². The van der Waals surface area contributed by atoms with Gasteiger partial charge in [0.15, 0.2) is 9.84 Å². The number of sulfone groups is 1. The molecule has 1 saturated carbocycles. The van der Waals surface area contributed by atoms with Gasteiger partial charge in [0, 0.05) is 37.0 Å². The maximum absolute atomic E-state index is 12.5. The first-order valence-electron chi connectivity index (χ1n) is 8.87. The van der Waals surface area contributed by atoms with Crippen LogP contribution in [0.5, 0.6) is 0 Å². The predicted molar refractivity (Wildman–Crippen MR) is 93.2 cm³/mol. The zero-order valence-electron chi connectivity index (χ0n) is 14.3. The molecule has 3 fully saturated rings. The van der Waals surface area contributed by atoms with Crippen LogP contribution < -0.4 is 5.32 Å². The number of hydrogen-bond donors (Lipinski definition) is 1. The molecule has 2 heterocycles. The molecule has 2 saturated heterocycles. The average molecular weight is 364 g/mol. The number of nitrogens with zero attached hydrogens (tertiary/aromatic N) is 1. The Morgan fingerprint density at radius 2 is 2.08 bits per heavy atom. The third-order valence-electron chi connectivity index (χ3n) is 5.45. The lowest BCUT2D eigenvalue weighted by Gasteiger charge is -2.35. The Morgan fingerprint density at radius 1 is 1.28 bits per heavy atom. The van der Waals surface area contributed by atoms with E-state index < -0.39 is 9.84 Å². The molecular weight excluding hydrogens is 340 g/mol. The van der Waals surface area contributed by atoms with Crippen molar-refractivity contribution in [2.75, 3.05) is 26.0 Å². The number of rotatable bonds is 4. The van der Waals surface area contributed by atoms with E-state index in [1.54, 1.807) is 12.1 Å². The van der Waals surface area contributed by atoms with Gasteiger partial charge in [0.05, 0.1) is 17.6 Å². The van der Waals surface area contributed by atoms with Gasteiger partial charge in [-0.25, -0.2) is 8.42 Å². The second-order valence-corrected chi connectivity index (χ2v) is 9.54. The molecular formula is C18H24N2O4S. The molecule has 3 atom stereocenters. The van der Waals surface area contributed by atoms with Crippen molar-refractivity contribution < 1.29 is 17.9 Å². The Morgan fingerprint density at radius 3 is 2.80 bits per heavy atom. The summed E-state index contributed by atoms with van der Waals surface area (Å²) < 4.78 is 29.3. The molecule has 1 N–H and O–H groups in total. The first-order valence-corrected chi connectivity index (χ1v) is 10.8. The minimum atomic E-state index is -3.32. The zero-order chi connectivity index (χ0) is 17.6. The van der Waals surface area contributed by atoms with Crippen LogP contribution in [0.1, 0.15) is 29.6 Å². The van der Waals surface area contributed by atoms with Crippen LogP contribution in [0.2, 0.25) is 0 Å². The van der Waals surface area contributed by atoms with Crippen molar-refractivity contribution >= 4 is 15.7 Å². The quantitative estimate of drug-likeness (QED) is 0.865. The molecule has 0 bridgehead atoms. The third kappa shape index (κ3) is 3.73. The van der Waals surface area contributed by atoms with Crippen LogP contribution in [0.4, 0.5) is 0 Å². The van der Waals surface area contributed by atoms with Crippen LogP contribution in [0.25, 0.3) is 0 Å². The number of hydrogen-bond acceptors (Lipinski definition) is 5. The van der Waals surface area contributed by atoms with Crippen molar-refractivity contribution in [2.45, 2.75) is 42.3 Å². The zero-order valence-corrected chi connectivity index (χ0v) is 15.2. The summed E-state index contributed by atoms with van der Waals surface area (Å²) in [5.41, 5.74) is 0.389. The topological polar surface area (TPSA) is 75.7 Å². The van der Waals surface area contributed by atoms with E-state index in [2.05, 4.69) is 10.2 Å². The lowest BCUT2D eigenvalue weighted by Crippen LogP contribution is -2.47. The van der Waals surface area contributed by atoms with Crippen LogP contribution in [0, 0.1) is 5.92 Å². The molecule has 0 radical (unpaired) electrons. The first kappa shape index (κ1) is 17.0. The van der Waals surface area contributed by atoms with E-state index in [9.17, 15) is 13.2 Å². The van der Waals surface area contributed by atoms with Gasteiger partial charge in [0.1, 0.15) is 0 Å². The van der Waals surface area contributed by atoms with Crippen LogP contribution >= 0.6 is 0 Å². The van der Waals surface area contributed by atoms with Crippen molar-refractivity contribution in [2.24, 2.45) is 5.92 Å². The highest BCUT2D eigenvalue weighted by atomic mass is 32.2. The summed E-state index contributed by atoms with van der Waals surface area (Å²) in [5, 5.41) is 3.06. The Bertz CT molecular complexity index is 775. The summed E-state index contributed by atoms with van der Waals surface area (Å²) in [4.78, 5) is 15.1. The van der Waals surface area contributed by atoms with Gasteiger partial charge in [0.25, 0.3) is 5.91 Å². The number of amides is 1. The third-order valence-corrected chi connectivity index (χ3v) is 6.56. The average Bonchev–Trinajstić information content (AvgIpc) is 3.34. The number of fused-ring (bicyclic) bond motifs is 1. The molecule has 3 aliphatic rings. The van der Waals surface area contributed by atoms with Gasteiger partial charge in [-0.2, -0.15) is 0 Å². The lowest BCUT2D eigenvalue weighted by atomic mass is 10.1. The standard InChI is InChI=1S/C18H24N2O4S/c1-25(22,23)16-4-2-3-13(7-16)18(21)19-14-8-15-11-24-17(12-5-6-12)10-20(15)9-14/h2-4,7,12,14-15,17H,5-6,8-11H2,1H3,(H,19,21)/t14-,15-,17+/m0/s1. The normalized spacial score (nSPS) is 30.0. The number of morpholine rings is 1. The highest BCUT2D eigenvalue weighted by molar-refractivity contribution is 7.90. The maximum atomic E-state index is 12.5. The number of carbonyl (C=O) groups excluding carboxylic acids is 1. The van der Waals surface area contributed by atoms with E-state index >= 15 is 0 Å². The molecule has 1 aromatic rings. The van der Waals surface area contributed by atoms with Gasteiger partial charge in [-0.05, 0) is 43.4 Å². The van der Waals surface area contributed by atoms with Gasteiger partial charge >= 0.3 is 0 Å². The summed E-state index contributed by atoms with van der Waals surface area (Å²) in [6.07, 6.45) is 4.95. The number of ether oxygens (including phenoxy) is 1. The SMILES string of the molecule is CS(=O)(=O)c1cccc(C(=O)N[C@H]2C[C@H]3CO[C@@H](C4CC4)CN3C2)c1. The van der Waals surface area contributed by atoms with E-state index in [1.165, 1.54) is 25.0 Å². The summed E-state index contributed by atoms with van der Waals surface area (Å²) in [7, 11) is -3.32. The molecule has 4 rings (SSSR count). The van der Waals surface area contributed by atoms with Crippen molar-refractivity contribution in [1.29, 1.82) is 0 Å². The number of carbonyl (C=O) groups is 1. The highest BCUT2D eigenvalue weighted by Crippen LogP contribution is 2.37. The minimum absolute atomic E-state index is 0.0842. The second kappa shape index (κ2) is 6.37. The molecule has 25 heavy (non-hydrogen) atoms. The molecule has 136 valence electrons. The van der Waals surface area contributed by atoms with Gasteiger partial charge in [-0.15, -0.1) is 0 Å². The molecule has 1 aromatic carbocycles. The minimum Gasteiger partial charge on any atom is -0.375 e. The van der Waals surface area contributed by atoms with E-state index in [-0.39, 0.29) is 16.8 Å². The lowest BCUT2D eigenvalue weighted by molar-refractivity contribution is -0.0581. The molecule has 0 unspecified atom stereocenters. The predicted octanol–water partition coefficient (Wildman–Crippen LogP) is 1.07. The molecule has 2 aliphatic heterocycles. The first-order chi connectivity index (χ1) is 11.9. The van der Waals surface area contributed by atoms with Crippen LogP contribution in [0.15, 0.2) is 29.2 Å². The van der Waals surface area contributed by atoms with E-state index in [0.29, 0.717) is 17.7 Å². The molecule has 1 aliphatic carbocycles. The summed E-state index contributed by atoms with van der Waals surface area (Å²) in [6, 6.07) is 6.68. The van der Waals surface area contributed by atoms with Crippen molar-refractivity contribution in [3.8, 4) is 0 Å². The van der Waals surface area contributed by atoms with Crippen molar-refractivity contribution in [1.82, 2.24) is 10.2 Å². The Hall–Kier alpha value is -1.44. The molecule has 6 nitrogen and oxygen atoms in total. The van der Waals surface area contributed by atoms with Crippen LogP contribution in [-0.4, -0.2) is 63.4 Å².